The Morgan fingerprint density at radius 3 is 2.79 bits per heavy atom. The average Bonchev–Trinajstić information content (AvgIpc) is 2.46. The van der Waals surface area contributed by atoms with Crippen LogP contribution in [-0.2, 0) is 0 Å². The molecule has 0 aromatic heterocycles. The number of carbonyl (C=O) groups excluding carboxylic acids is 1. The van der Waals surface area contributed by atoms with Crippen molar-refractivity contribution in [2.24, 2.45) is 0 Å². The number of rotatable bonds is 3. The first-order valence-electron chi connectivity index (χ1n) is 6.47. The first-order valence-corrected chi connectivity index (χ1v) is 6.47. The lowest BCUT2D eigenvalue weighted by molar-refractivity contribution is 0.0720. The number of anilines is 1. The predicted molar refractivity (Wildman–Crippen MR) is 74.9 cm³/mol. The highest BCUT2D eigenvalue weighted by molar-refractivity contribution is 5.97. The number of carbonyl (C=O) groups is 1. The van der Waals surface area contributed by atoms with Crippen LogP contribution in [0.2, 0.25) is 0 Å². The van der Waals surface area contributed by atoms with Crippen LogP contribution in [0, 0.1) is 12.3 Å². The van der Waals surface area contributed by atoms with Crippen LogP contribution in [0.3, 0.4) is 0 Å². The Morgan fingerprint density at radius 2 is 2.11 bits per heavy atom. The minimum Gasteiger partial charge on any atom is -0.480 e. The number of hydrogen-bond donors (Lipinski definition) is 1. The summed E-state index contributed by atoms with van der Waals surface area (Å²) in [5.74, 6) is 2.87. The van der Waals surface area contributed by atoms with Gasteiger partial charge in [0.05, 0.1) is 5.56 Å². The maximum absolute atomic E-state index is 12.5. The molecule has 1 saturated heterocycles. The Kier molecular flexibility index (Phi) is 4.30. The fraction of sp³-hybridized carbons (Fsp3) is 0.400. The van der Waals surface area contributed by atoms with Gasteiger partial charge in [0.15, 0.2) is 0 Å². The summed E-state index contributed by atoms with van der Waals surface area (Å²) in [6.07, 6.45) is 8.46. The molecule has 0 atom stereocenters. The van der Waals surface area contributed by atoms with Gasteiger partial charge in [-0.15, -0.1) is 6.42 Å². The molecule has 1 aliphatic rings. The third kappa shape index (κ3) is 3.19. The van der Waals surface area contributed by atoms with Crippen molar-refractivity contribution in [3.63, 3.8) is 0 Å². The molecule has 0 radical (unpaired) electrons. The third-order valence-electron chi connectivity index (χ3n) is 3.19. The minimum absolute atomic E-state index is 0.0287. The second-order valence-corrected chi connectivity index (χ2v) is 4.60. The van der Waals surface area contributed by atoms with E-state index in [0.29, 0.717) is 17.0 Å². The van der Waals surface area contributed by atoms with Gasteiger partial charge < -0.3 is 15.4 Å². The van der Waals surface area contributed by atoms with Crippen molar-refractivity contribution < 1.29 is 9.53 Å². The van der Waals surface area contributed by atoms with Crippen molar-refractivity contribution in [2.75, 3.05) is 25.4 Å². The van der Waals surface area contributed by atoms with Gasteiger partial charge in [-0.25, -0.2) is 0 Å². The van der Waals surface area contributed by atoms with Crippen molar-refractivity contribution >= 4 is 11.6 Å². The van der Waals surface area contributed by atoms with E-state index >= 15 is 0 Å². The number of hydrogen-bond acceptors (Lipinski definition) is 3. The Bertz CT molecular complexity index is 499. The van der Waals surface area contributed by atoms with E-state index in [2.05, 4.69) is 5.92 Å². The molecule has 1 fully saturated rings. The van der Waals surface area contributed by atoms with Crippen molar-refractivity contribution in [3.05, 3.63) is 23.8 Å². The molecular formula is C15H18N2O2. The van der Waals surface area contributed by atoms with E-state index in [-0.39, 0.29) is 12.5 Å². The van der Waals surface area contributed by atoms with Crippen LogP contribution in [0.1, 0.15) is 29.6 Å². The number of ether oxygens (including phenoxy) is 1. The van der Waals surface area contributed by atoms with Crippen molar-refractivity contribution in [1.29, 1.82) is 0 Å². The summed E-state index contributed by atoms with van der Waals surface area (Å²) < 4.78 is 5.41. The highest BCUT2D eigenvalue weighted by atomic mass is 16.5. The number of nitrogens with zero attached hydrogens (tertiary/aromatic N) is 1. The number of piperidine rings is 1. The highest BCUT2D eigenvalue weighted by Crippen LogP contribution is 2.24. The van der Waals surface area contributed by atoms with Gasteiger partial charge in [-0.05, 0) is 37.5 Å². The molecule has 2 rings (SSSR count). The summed E-state index contributed by atoms with van der Waals surface area (Å²) in [6.45, 7) is 1.73. The zero-order valence-electron chi connectivity index (χ0n) is 10.9. The monoisotopic (exact) mass is 258 g/mol. The van der Waals surface area contributed by atoms with Gasteiger partial charge in [-0.3, -0.25) is 4.79 Å². The smallest absolute Gasteiger partial charge is 0.257 e. The largest absolute Gasteiger partial charge is 0.480 e. The van der Waals surface area contributed by atoms with Crippen LogP contribution < -0.4 is 10.5 Å². The van der Waals surface area contributed by atoms with Crippen molar-refractivity contribution in [1.82, 2.24) is 4.90 Å². The molecule has 0 spiro atoms. The highest BCUT2D eigenvalue weighted by Gasteiger charge is 2.21. The zero-order valence-corrected chi connectivity index (χ0v) is 10.9. The average molecular weight is 258 g/mol. The van der Waals surface area contributed by atoms with Gasteiger partial charge in [0.1, 0.15) is 12.4 Å². The second kappa shape index (κ2) is 6.14. The molecule has 1 aromatic carbocycles. The Labute approximate surface area is 113 Å². The second-order valence-electron chi connectivity index (χ2n) is 4.60. The van der Waals surface area contributed by atoms with E-state index in [1.54, 1.807) is 18.2 Å². The molecule has 4 heteroatoms. The molecule has 0 unspecified atom stereocenters. The van der Waals surface area contributed by atoms with Gasteiger partial charge in [0.25, 0.3) is 5.91 Å². The van der Waals surface area contributed by atoms with Crippen molar-refractivity contribution in [3.8, 4) is 18.1 Å². The fourth-order valence-corrected chi connectivity index (χ4v) is 2.23. The maximum Gasteiger partial charge on any atom is 0.257 e. The van der Waals surface area contributed by atoms with Crippen molar-refractivity contribution in [2.45, 2.75) is 19.3 Å². The topological polar surface area (TPSA) is 55.6 Å². The van der Waals surface area contributed by atoms with Crippen LogP contribution in [0.15, 0.2) is 18.2 Å². The summed E-state index contributed by atoms with van der Waals surface area (Å²) >= 11 is 0. The minimum atomic E-state index is -0.0287. The lowest BCUT2D eigenvalue weighted by Gasteiger charge is -2.27. The summed E-state index contributed by atoms with van der Waals surface area (Å²) in [5.41, 5.74) is 6.80. The molecule has 2 N–H and O–H groups in total. The van der Waals surface area contributed by atoms with Gasteiger partial charge in [0, 0.05) is 18.8 Å². The van der Waals surface area contributed by atoms with Crippen LogP contribution >= 0.6 is 0 Å². The van der Waals surface area contributed by atoms with E-state index in [1.807, 2.05) is 4.90 Å². The van der Waals surface area contributed by atoms with Gasteiger partial charge in [0.2, 0.25) is 0 Å². The number of nitrogen functional groups attached to an aromatic ring is 1. The fourth-order valence-electron chi connectivity index (χ4n) is 2.23. The van der Waals surface area contributed by atoms with E-state index < -0.39 is 0 Å². The summed E-state index contributed by atoms with van der Waals surface area (Å²) in [5, 5.41) is 0. The summed E-state index contributed by atoms with van der Waals surface area (Å²) in [7, 11) is 0. The van der Waals surface area contributed by atoms with Crippen LogP contribution in [0.4, 0.5) is 5.69 Å². The van der Waals surface area contributed by atoms with E-state index in [1.165, 1.54) is 6.42 Å². The lowest BCUT2D eigenvalue weighted by Crippen LogP contribution is -2.35. The van der Waals surface area contributed by atoms with E-state index in [4.69, 9.17) is 16.9 Å². The SMILES string of the molecule is C#CCOc1ccc(N)cc1C(=O)N1CCCCC1. The molecule has 19 heavy (non-hydrogen) atoms. The number of amides is 1. The molecule has 0 aliphatic carbocycles. The first kappa shape index (κ1) is 13.3. The van der Waals surface area contributed by atoms with Gasteiger partial charge in [-0.2, -0.15) is 0 Å². The predicted octanol–water partition coefficient (Wildman–Crippen LogP) is 1.91. The van der Waals surface area contributed by atoms with Crippen LogP contribution in [0.25, 0.3) is 0 Å². The Morgan fingerprint density at radius 1 is 1.37 bits per heavy atom. The molecule has 0 bridgehead atoms. The Balaban J connectivity index is 2.23. The molecule has 100 valence electrons. The number of likely N-dealkylation sites (tertiary alicyclic amines) is 1. The lowest BCUT2D eigenvalue weighted by atomic mass is 10.1. The molecule has 1 amide bonds. The molecule has 1 heterocycles. The standard InChI is InChI=1S/C15H18N2O2/c1-2-10-19-14-7-6-12(16)11-13(14)15(18)17-8-4-3-5-9-17/h1,6-7,11H,3-5,8-10,16H2. The van der Waals surface area contributed by atoms with Gasteiger partial charge >= 0.3 is 0 Å². The molecule has 4 nitrogen and oxygen atoms in total. The van der Waals surface area contributed by atoms with E-state index in [0.717, 1.165) is 25.9 Å². The Hall–Kier alpha value is -2.15. The zero-order chi connectivity index (χ0) is 13.7. The third-order valence-corrected chi connectivity index (χ3v) is 3.19. The van der Waals surface area contributed by atoms with E-state index in [9.17, 15) is 4.79 Å². The number of nitrogens with two attached hydrogens (primary N) is 1. The normalized spacial score (nSPS) is 14.8. The first-order chi connectivity index (χ1) is 9.22. The number of terminal acetylenes is 1. The maximum atomic E-state index is 12.5. The quantitative estimate of drug-likeness (QED) is 0.665. The molecule has 1 aliphatic heterocycles. The summed E-state index contributed by atoms with van der Waals surface area (Å²) in [4.78, 5) is 14.3. The summed E-state index contributed by atoms with van der Waals surface area (Å²) in [6, 6.07) is 5.06. The van der Waals surface area contributed by atoms with Crippen LogP contribution in [-0.4, -0.2) is 30.5 Å². The molecule has 0 saturated carbocycles. The van der Waals surface area contributed by atoms with Crippen LogP contribution in [0.5, 0.6) is 5.75 Å². The van der Waals surface area contributed by atoms with Gasteiger partial charge in [-0.1, -0.05) is 5.92 Å². The molecular weight excluding hydrogens is 240 g/mol. The number of benzene rings is 1. The molecule has 1 aromatic rings.